The minimum absolute atomic E-state index is 0.149. The minimum Gasteiger partial charge on any atom is -0.461 e. The number of nitrogens with one attached hydrogen (secondary N) is 2. The maximum Gasteiger partial charge on any atom is 0.244 e. The average Bonchev–Trinajstić information content (AvgIpc) is 3.11. The lowest BCUT2D eigenvalue weighted by Gasteiger charge is -2.04. The van der Waals surface area contributed by atoms with Gasteiger partial charge in [0.2, 0.25) is 5.91 Å². The lowest BCUT2D eigenvalue weighted by Crippen LogP contribution is -2.27. The molecule has 0 unspecified atom stereocenters. The summed E-state index contributed by atoms with van der Waals surface area (Å²) in [7, 11) is 0. The highest BCUT2D eigenvalue weighted by Crippen LogP contribution is 2.47. The second-order valence-electron chi connectivity index (χ2n) is 5.70. The Morgan fingerprint density at radius 1 is 1.39 bits per heavy atom. The quantitative estimate of drug-likeness (QED) is 0.606. The number of carbonyl (C=O) groups excluding carboxylic acids is 1. The molecule has 0 radical (unpaired) electrons. The van der Waals surface area contributed by atoms with Crippen molar-refractivity contribution in [3.63, 3.8) is 0 Å². The molecule has 2 heterocycles. The van der Waals surface area contributed by atoms with Crippen molar-refractivity contribution in [2.75, 3.05) is 18.4 Å². The van der Waals surface area contributed by atoms with E-state index in [1.54, 1.807) is 24.7 Å². The van der Waals surface area contributed by atoms with Crippen LogP contribution in [-0.4, -0.2) is 29.0 Å². The normalized spacial score (nSPS) is 19.7. The van der Waals surface area contributed by atoms with Gasteiger partial charge < -0.3 is 15.1 Å². The van der Waals surface area contributed by atoms with E-state index in [4.69, 9.17) is 4.42 Å². The fraction of sp³-hybridized carbons (Fsp3) is 0.353. The Labute approximate surface area is 135 Å². The van der Waals surface area contributed by atoms with Crippen LogP contribution in [0.15, 0.2) is 41.2 Å². The van der Waals surface area contributed by atoms with Crippen LogP contribution >= 0.6 is 0 Å². The van der Waals surface area contributed by atoms with E-state index < -0.39 is 0 Å². The molecule has 2 aromatic heterocycles. The van der Waals surface area contributed by atoms with Crippen molar-refractivity contribution < 1.29 is 9.21 Å². The van der Waals surface area contributed by atoms with E-state index in [-0.39, 0.29) is 5.91 Å². The number of amides is 1. The lowest BCUT2D eigenvalue weighted by atomic mass is 10.3. The molecule has 1 fully saturated rings. The maximum atomic E-state index is 11.7. The van der Waals surface area contributed by atoms with E-state index >= 15 is 0 Å². The average molecular weight is 312 g/mol. The second kappa shape index (κ2) is 7.09. The van der Waals surface area contributed by atoms with E-state index in [1.807, 2.05) is 12.1 Å². The molecule has 1 saturated carbocycles. The fourth-order valence-corrected chi connectivity index (χ4v) is 2.36. The number of hydrogen-bond donors (Lipinski definition) is 2. The van der Waals surface area contributed by atoms with Crippen LogP contribution in [-0.2, 0) is 4.79 Å². The first-order chi connectivity index (χ1) is 11.2. The van der Waals surface area contributed by atoms with Crippen LogP contribution < -0.4 is 10.6 Å². The predicted molar refractivity (Wildman–Crippen MR) is 87.8 cm³/mol. The summed E-state index contributed by atoms with van der Waals surface area (Å²) in [6.45, 7) is 3.30. The molecule has 2 aromatic rings. The first kappa shape index (κ1) is 15.3. The summed E-state index contributed by atoms with van der Waals surface area (Å²) in [6, 6.07) is 3.90. The highest BCUT2D eigenvalue weighted by Gasteiger charge is 2.36. The summed E-state index contributed by atoms with van der Waals surface area (Å²) in [6.07, 6.45) is 9.24. The van der Waals surface area contributed by atoms with Gasteiger partial charge in [0.25, 0.3) is 0 Å². The number of aromatic nitrogens is 2. The number of carbonyl (C=O) groups is 1. The minimum atomic E-state index is -0.149. The molecule has 0 spiro atoms. The van der Waals surface area contributed by atoms with Crippen molar-refractivity contribution >= 4 is 17.8 Å². The molecule has 1 aliphatic rings. The molecule has 1 amide bonds. The van der Waals surface area contributed by atoms with E-state index in [0.717, 1.165) is 5.76 Å². The topological polar surface area (TPSA) is 80.0 Å². The van der Waals surface area contributed by atoms with Crippen molar-refractivity contribution in [3.8, 4) is 0 Å². The number of hydrogen-bond acceptors (Lipinski definition) is 5. The van der Waals surface area contributed by atoms with E-state index in [1.165, 1.54) is 12.5 Å². The van der Waals surface area contributed by atoms with Gasteiger partial charge in [-0.25, -0.2) is 4.98 Å². The zero-order chi connectivity index (χ0) is 16.1. The molecule has 23 heavy (non-hydrogen) atoms. The van der Waals surface area contributed by atoms with Gasteiger partial charge >= 0.3 is 0 Å². The van der Waals surface area contributed by atoms with Crippen molar-refractivity contribution in [2.24, 2.45) is 5.92 Å². The van der Waals surface area contributed by atoms with Crippen molar-refractivity contribution in [1.82, 2.24) is 15.3 Å². The number of rotatable bonds is 7. The molecule has 6 nitrogen and oxygen atoms in total. The largest absolute Gasteiger partial charge is 0.461 e. The van der Waals surface area contributed by atoms with Gasteiger partial charge in [0, 0.05) is 37.5 Å². The predicted octanol–water partition coefficient (Wildman–Crippen LogP) is 2.43. The molecule has 3 rings (SSSR count). The van der Waals surface area contributed by atoms with Gasteiger partial charge in [0.05, 0.1) is 6.20 Å². The Kier molecular flexibility index (Phi) is 4.71. The summed E-state index contributed by atoms with van der Waals surface area (Å²) in [5.74, 6) is 3.54. The van der Waals surface area contributed by atoms with Crippen molar-refractivity contribution in [1.29, 1.82) is 0 Å². The third-order valence-corrected chi connectivity index (χ3v) is 3.81. The molecule has 120 valence electrons. The third-order valence-electron chi connectivity index (χ3n) is 3.81. The van der Waals surface area contributed by atoms with E-state index in [9.17, 15) is 4.79 Å². The van der Waals surface area contributed by atoms with Crippen LogP contribution in [0.2, 0.25) is 0 Å². The Hall–Kier alpha value is -2.63. The Bertz CT molecular complexity index is 681. The number of nitrogens with zero attached hydrogens (tertiary/aromatic N) is 2. The highest BCUT2D eigenvalue weighted by atomic mass is 16.3. The summed E-state index contributed by atoms with van der Waals surface area (Å²) in [5.41, 5.74) is 0. The SMILES string of the molecule is C[C@@H]1C[C@@H]1c1ccc(/C=C/C(=O)NCCNc2cnccn2)o1. The standard InChI is InChI=1S/C17H20N4O2/c1-12-10-14(12)15-4-2-13(23-15)3-5-17(22)21-9-8-20-16-11-18-6-7-19-16/h2-7,11-12,14H,8-10H2,1H3,(H,19,20)(H,21,22)/b5-3+/t12-,14+/m1/s1. The van der Waals surface area contributed by atoms with Gasteiger partial charge in [-0.2, -0.15) is 0 Å². The summed E-state index contributed by atoms with van der Waals surface area (Å²) in [5, 5.41) is 5.86. The third kappa shape index (κ3) is 4.42. The molecule has 2 N–H and O–H groups in total. The Balaban J connectivity index is 1.38. The van der Waals surface area contributed by atoms with E-state index in [0.29, 0.717) is 36.5 Å². The van der Waals surface area contributed by atoms with Gasteiger partial charge in [-0.3, -0.25) is 9.78 Å². The zero-order valence-corrected chi connectivity index (χ0v) is 13.0. The summed E-state index contributed by atoms with van der Waals surface area (Å²) in [4.78, 5) is 19.8. The molecular formula is C17H20N4O2. The smallest absolute Gasteiger partial charge is 0.244 e. The fourth-order valence-electron chi connectivity index (χ4n) is 2.36. The second-order valence-corrected chi connectivity index (χ2v) is 5.70. The van der Waals surface area contributed by atoms with Crippen molar-refractivity contribution in [2.45, 2.75) is 19.3 Å². The molecule has 0 saturated heterocycles. The lowest BCUT2D eigenvalue weighted by molar-refractivity contribution is -0.116. The molecule has 1 aliphatic carbocycles. The van der Waals surface area contributed by atoms with Gasteiger partial charge in [-0.1, -0.05) is 6.92 Å². The van der Waals surface area contributed by atoms with Crippen LogP contribution in [0.1, 0.15) is 30.8 Å². The van der Waals surface area contributed by atoms with Crippen LogP contribution in [0.4, 0.5) is 5.82 Å². The highest BCUT2D eigenvalue weighted by molar-refractivity contribution is 5.91. The van der Waals surface area contributed by atoms with Gasteiger partial charge in [-0.05, 0) is 30.5 Å². The van der Waals surface area contributed by atoms with Crippen LogP contribution in [0.5, 0.6) is 0 Å². The molecule has 0 aliphatic heterocycles. The van der Waals surface area contributed by atoms with Crippen LogP contribution in [0.25, 0.3) is 6.08 Å². The monoisotopic (exact) mass is 312 g/mol. The summed E-state index contributed by atoms with van der Waals surface area (Å²) < 4.78 is 5.72. The first-order valence-corrected chi connectivity index (χ1v) is 7.78. The van der Waals surface area contributed by atoms with E-state index in [2.05, 4.69) is 27.5 Å². The number of furan rings is 1. The zero-order valence-electron chi connectivity index (χ0n) is 13.0. The number of anilines is 1. The Morgan fingerprint density at radius 2 is 2.26 bits per heavy atom. The molecule has 0 aromatic carbocycles. The van der Waals surface area contributed by atoms with Crippen molar-refractivity contribution in [3.05, 3.63) is 48.3 Å². The van der Waals surface area contributed by atoms with Gasteiger partial charge in [-0.15, -0.1) is 0 Å². The molecule has 6 heteroatoms. The van der Waals surface area contributed by atoms with Gasteiger partial charge in [0.15, 0.2) is 0 Å². The van der Waals surface area contributed by atoms with Crippen LogP contribution in [0.3, 0.4) is 0 Å². The summed E-state index contributed by atoms with van der Waals surface area (Å²) >= 11 is 0. The molecule has 0 bridgehead atoms. The van der Waals surface area contributed by atoms with Crippen LogP contribution in [0, 0.1) is 5.92 Å². The Morgan fingerprint density at radius 3 is 3.00 bits per heavy atom. The molecule has 2 atom stereocenters. The van der Waals surface area contributed by atoms with Gasteiger partial charge in [0.1, 0.15) is 17.3 Å². The maximum absolute atomic E-state index is 11.7. The first-order valence-electron chi connectivity index (χ1n) is 7.78. The molecular weight excluding hydrogens is 292 g/mol.